The molecule has 0 aliphatic heterocycles. The maximum absolute atomic E-state index is 14.3. The molecule has 9 atom stereocenters. The third-order valence-electron chi connectivity index (χ3n) is 16.0. The third kappa shape index (κ3) is 29.9. The van der Waals surface area contributed by atoms with Crippen LogP contribution < -0.4 is 81.1 Å². The molecule has 4 rings (SSSR count). The number of carbonyl (C=O) groups excluding carboxylic acids is 10. The van der Waals surface area contributed by atoms with Crippen LogP contribution in [-0.2, 0) is 75.2 Å². The number of carboxylic acids is 3. The second-order valence-electron chi connectivity index (χ2n) is 24.3. The maximum Gasteiger partial charge on any atom is 0.336 e. The number of quaternary nitrogens is 1. The first-order valence-electron chi connectivity index (χ1n) is 32.9. The van der Waals surface area contributed by atoms with E-state index in [-0.39, 0.29) is 86.8 Å². The molecule has 0 unspecified atom stereocenters. The highest BCUT2D eigenvalue weighted by atomic mass is 32.2. The molecule has 3 aromatic carbocycles. The number of fused-ring (bicyclic) bond motifs is 1. The molecule has 1 aromatic heterocycles. The number of methoxy groups -OCH3 is 1. The van der Waals surface area contributed by atoms with E-state index in [1.54, 1.807) is 62.6 Å². The molecular weight excluding hydrogens is 1400 g/mol. The second-order valence-corrected chi connectivity index (χ2v) is 25.3. The van der Waals surface area contributed by atoms with Crippen molar-refractivity contribution in [1.82, 2.24) is 54.0 Å². The fraction of sp³-hybridized carbons (Fsp3) is 0.485. The van der Waals surface area contributed by atoms with Gasteiger partial charge in [-0.25, -0.2) is 4.79 Å². The summed E-state index contributed by atoms with van der Waals surface area (Å²) >= 11 is 1.23. The van der Waals surface area contributed by atoms with Crippen molar-refractivity contribution in [2.75, 3.05) is 37.5 Å². The molecule has 0 fully saturated rings. The van der Waals surface area contributed by atoms with E-state index in [0.29, 0.717) is 23.1 Å². The van der Waals surface area contributed by atoms with Gasteiger partial charge >= 0.3 is 23.5 Å². The number of anilines is 1. The maximum atomic E-state index is 14.3. The van der Waals surface area contributed by atoms with Gasteiger partial charge in [0.05, 0.1) is 35.9 Å². The Morgan fingerprint density at radius 2 is 1.11 bits per heavy atom. The topological polar surface area (TPSA) is 617 Å². The molecule has 574 valence electrons. The van der Waals surface area contributed by atoms with E-state index in [0.717, 1.165) is 31.2 Å². The minimum atomic E-state index is -1.97. The van der Waals surface area contributed by atoms with Gasteiger partial charge in [0.25, 0.3) is 11.4 Å². The number of nitrogens with one attached hydrogen (secondary N) is 10. The zero-order valence-electron chi connectivity index (χ0n) is 58.7. The van der Waals surface area contributed by atoms with E-state index in [4.69, 9.17) is 20.6 Å². The van der Waals surface area contributed by atoms with Crippen LogP contribution in [0.2, 0.25) is 0 Å². The molecule has 0 aliphatic carbocycles. The van der Waals surface area contributed by atoms with Gasteiger partial charge < -0.3 is 95.3 Å². The first-order valence-corrected chi connectivity index (χ1v) is 34.3. The van der Waals surface area contributed by atoms with Crippen LogP contribution in [0.5, 0.6) is 5.75 Å². The number of nitrogens with two attached hydrogens (primary N) is 2. The molecule has 0 saturated heterocycles. The number of nitro benzene ring substituents is 2. The van der Waals surface area contributed by atoms with Crippen molar-refractivity contribution < 1.29 is 96.6 Å². The van der Waals surface area contributed by atoms with Gasteiger partial charge in [-0.2, -0.15) is 11.8 Å². The summed E-state index contributed by atoms with van der Waals surface area (Å²) in [5.74, 6) is -14.8. The van der Waals surface area contributed by atoms with Gasteiger partial charge in [0.1, 0.15) is 71.4 Å². The predicted octanol–water partition coefficient (Wildman–Crippen LogP) is 0.673. The molecule has 0 aliphatic rings. The lowest BCUT2D eigenvalue weighted by atomic mass is 10.00. The molecule has 0 saturated carbocycles. The van der Waals surface area contributed by atoms with Crippen LogP contribution in [-0.4, -0.2) is 189 Å². The fourth-order valence-electron chi connectivity index (χ4n) is 10.4. The van der Waals surface area contributed by atoms with Gasteiger partial charge in [-0.15, -0.1) is 0 Å². The Morgan fingerprint density at radius 3 is 1.69 bits per heavy atom. The first-order chi connectivity index (χ1) is 49.2. The Bertz CT molecular complexity index is 3810. The Hall–Kier alpha value is -11.4. The fourth-order valence-corrected chi connectivity index (χ4v) is 10.9. The minimum absolute atomic E-state index is 0. The minimum Gasteiger partial charge on any atom is -0.497 e. The number of aliphatic carboxylic acids is 3. The highest BCUT2D eigenvalue weighted by Gasteiger charge is 2.37. The summed E-state index contributed by atoms with van der Waals surface area (Å²) in [7, 11) is 1.40. The van der Waals surface area contributed by atoms with E-state index >= 15 is 0 Å². The van der Waals surface area contributed by atoms with Crippen molar-refractivity contribution in [3.8, 4) is 5.75 Å². The monoisotopic (exact) mass is 1490 g/mol. The van der Waals surface area contributed by atoms with Crippen molar-refractivity contribution >= 4 is 117 Å². The van der Waals surface area contributed by atoms with Crippen LogP contribution in [0.25, 0.3) is 11.0 Å². The van der Waals surface area contributed by atoms with Crippen molar-refractivity contribution in [3.05, 3.63) is 115 Å². The zero-order chi connectivity index (χ0) is 77.3. The van der Waals surface area contributed by atoms with Gasteiger partial charge in [-0.05, 0) is 119 Å². The molecule has 0 spiro atoms. The molecule has 21 N–H and O–H groups in total. The quantitative estimate of drug-likeness (QED) is 0.0125. The predicted molar refractivity (Wildman–Crippen MR) is 380 cm³/mol. The summed E-state index contributed by atoms with van der Waals surface area (Å²) in [6.45, 7) is 4.42. The van der Waals surface area contributed by atoms with Crippen LogP contribution >= 0.6 is 11.8 Å². The van der Waals surface area contributed by atoms with Gasteiger partial charge in [0, 0.05) is 49.4 Å². The number of hydrogen-bond acceptors (Lipinski definition) is 23. The van der Waals surface area contributed by atoms with E-state index in [1.165, 1.54) is 24.9 Å². The number of ether oxygens (including phenoxy) is 1. The normalized spacial score (nSPS) is 13.5. The molecule has 0 bridgehead atoms. The van der Waals surface area contributed by atoms with Gasteiger partial charge in [0.2, 0.25) is 59.1 Å². The molecule has 0 radical (unpaired) electrons. The standard InChI is InChI=1S/C66H88N14O23S.H3N/c1-35(2)57(78-63(94)45(21-23-53(82)83)71-52(81)30-38-31-56(88)103-51-33-40(102-4)18-19-41(38)51)66(97)75-44(16-9-11-26-67)60(91)74-47(25-28-104-5)62(93)77-49(34-55(86)87)64(95)70-36(3)59(90)73-46(22-24-54(84)85)61(92)76-48(29-37-13-7-6-8-14-37)65(96)72-43(58(68)89)15-10-12-27-69-42-20-17-39(79(98)99)32-50(42)80(100)101;/h6-8,13-14,17-20,31-33,35-36,43-49,57,69H,9-12,15-16,21-30,34,67H2,1-5H3,(H2,68,89)(H,70,95)(H,71,81)(H,72,96)(H,73,90)(H,74,91)(H,75,97)(H,76,92)(H,77,93)(H,78,94)(H,82,83)(H,84,85)(H,86,87);1H3/p+1/t36-,43-,44-,45-,46-,47-,48-,49-,57-;/m0./s1. The molecule has 10 amide bonds. The Balaban J connectivity index is 0.0000286. The average Bonchev–Trinajstić information content (AvgIpc) is 0.792. The largest absolute Gasteiger partial charge is 0.497 e. The van der Waals surface area contributed by atoms with Crippen LogP contribution in [0.15, 0.2) is 82.0 Å². The SMILES string of the molecule is COc1ccc2c(CC(=O)N[C@@H](CCC(=O)O)C(=O)N[C@H](C(=O)N[C@@H](CCCCN)C(=O)N[C@@H](CCSC)C(=O)N[C@@H](CC(=O)O)C(=O)N[C@@H](C)C(=O)N[C@@H](CCC(=O)O)C(=O)N[C@@H](Cc3ccccc3)C(=O)N[C@@H](CCCCNc3ccc([N+](=O)[O-])cc3[N+](=O)[O-])C(N)=O)C(C)C)cc(=O)oc2c1.[NH4+]. The highest BCUT2D eigenvalue weighted by molar-refractivity contribution is 7.98. The van der Waals surface area contributed by atoms with Gasteiger partial charge in [-0.1, -0.05) is 44.2 Å². The Morgan fingerprint density at radius 1 is 0.581 bits per heavy atom. The average molecular weight is 1500 g/mol. The van der Waals surface area contributed by atoms with E-state index in [9.17, 15) is 103 Å². The van der Waals surface area contributed by atoms with Crippen LogP contribution in [0.3, 0.4) is 0 Å². The van der Waals surface area contributed by atoms with Crippen molar-refractivity contribution in [3.63, 3.8) is 0 Å². The summed E-state index contributed by atoms with van der Waals surface area (Å²) in [5, 5.41) is 77.1. The number of nitrogens with zero attached hydrogens (tertiary/aromatic N) is 2. The summed E-state index contributed by atoms with van der Waals surface area (Å²) in [6, 6.07) is 2.51. The van der Waals surface area contributed by atoms with Crippen molar-refractivity contribution in [1.29, 1.82) is 0 Å². The number of primary amides is 1. The summed E-state index contributed by atoms with van der Waals surface area (Å²) in [6.07, 6.45) is -1.88. The number of carboxylic acid groups (broad SMARTS) is 3. The van der Waals surface area contributed by atoms with Gasteiger partial charge in [-0.3, -0.25) is 82.6 Å². The van der Waals surface area contributed by atoms with Crippen LogP contribution in [0.1, 0.15) is 109 Å². The molecule has 39 heteroatoms. The lowest BCUT2D eigenvalue weighted by Crippen LogP contribution is -2.61. The summed E-state index contributed by atoms with van der Waals surface area (Å²) < 4.78 is 10.5. The number of thioether (sulfide) groups is 1. The number of carbonyl (C=O) groups is 13. The van der Waals surface area contributed by atoms with E-state index < -0.39 is 203 Å². The lowest BCUT2D eigenvalue weighted by Gasteiger charge is -2.28. The number of unbranched alkanes of at least 4 members (excludes halogenated alkanes) is 2. The molecule has 4 aromatic rings. The number of rotatable bonds is 47. The Kier molecular flexibility index (Phi) is 37.0. The lowest BCUT2D eigenvalue weighted by molar-refractivity contribution is -0.393. The first kappa shape index (κ1) is 87.9. The van der Waals surface area contributed by atoms with E-state index in [2.05, 4.69) is 53.2 Å². The second kappa shape index (κ2) is 44.2. The van der Waals surface area contributed by atoms with Crippen LogP contribution in [0, 0.1) is 26.1 Å². The number of benzene rings is 3. The summed E-state index contributed by atoms with van der Waals surface area (Å²) in [4.78, 5) is 209. The smallest absolute Gasteiger partial charge is 0.336 e. The Labute approximate surface area is 605 Å². The van der Waals surface area contributed by atoms with Crippen LogP contribution in [0.4, 0.5) is 17.1 Å². The highest BCUT2D eigenvalue weighted by Crippen LogP contribution is 2.29. The number of amides is 10. The van der Waals surface area contributed by atoms with Crippen molar-refractivity contribution in [2.24, 2.45) is 17.4 Å². The molecule has 38 nitrogen and oxygen atoms in total. The molecule has 105 heavy (non-hydrogen) atoms. The van der Waals surface area contributed by atoms with Crippen molar-refractivity contribution in [2.45, 2.75) is 165 Å². The third-order valence-corrected chi connectivity index (χ3v) is 16.6. The number of nitro groups is 2. The van der Waals surface area contributed by atoms with E-state index in [1.807, 2.05) is 0 Å². The molecule has 1 heterocycles. The molecular formula is C66H92N15O23S+. The number of hydrogen-bond donors (Lipinski definition) is 16. The number of non-ortho nitro benzene ring substituents is 1. The zero-order valence-corrected chi connectivity index (χ0v) is 59.5. The summed E-state index contributed by atoms with van der Waals surface area (Å²) in [5.41, 5.74) is 10.3. The van der Waals surface area contributed by atoms with Gasteiger partial charge in [0.15, 0.2) is 0 Å².